The fourth-order valence-corrected chi connectivity index (χ4v) is 6.45. The van der Waals surface area contributed by atoms with Crippen molar-refractivity contribution < 1.29 is 19.1 Å². The largest absolute Gasteiger partial charge is 0.461 e. The van der Waals surface area contributed by atoms with Gasteiger partial charge in [-0.3, -0.25) is 9.59 Å². The summed E-state index contributed by atoms with van der Waals surface area (Å²) < 4.78 is 11.5. The lowest BCUT2D eigenvalue weighted by Crippen LogP contribution is -2.23. The first-order valence-corrected chi connectivity index (χ1v) is 20.3. The van der Waals surface area contributed by atoms with Gasteiger partial charge in [0.2, 0.25) is 0 Å². The minimum atomic E-state index is -0.177. The summed E-state index contributed by atoms with van der Waals surface area (Å²) in [4.78, 5) is 29.8. The number of ether oxygens (including phenoxy) is 2. The molecule has 0 aliphatic rings. The van der Waals surface area contributed by atoms with E-state index in [-0.39, 0.29) is 25.2 Å². The average Bonchev–Trinajstić information content (AvgIpc) is 3.13. The van der Waals surface area contributed by atoms with Crippen LogP contribution < -0.4 is 0 Å². The molecule has 0 spiro atoms. The second-order valence-electron chi connectivity index (χ2n) is 14.4. The van der Waals surface area contributed by atoms with Crippen LogP contribution in [0.2, 0.25) is 0 Å². The van der Waals surface area contributed by atoms with Crippen molar-refractivity contribution in [1.29, 1.82) is 0 Å². The van der Waals surface area contributed by atoms with Crippen molar-refractivity contribution in [3.8, 4) is 11.1 Å². The fraction of sp³-hybridized carbons (Fsp3) is 0.682. The normalized spacial score (nSPS) is 11.4. The van der Waals surface area contributed by atoms with Crippen molar-refractivity contribution in [2.45, 2.75) is 155 Å². The van der Waals surface area contributed by atoms with E-state index < -0.39 is 0 Å². The lowest BCUT2D eigenvalue weighted by Gasteiger charge is -2.17. The third kappa shape index (κ3) is 20.8. The van der Waals surface area contributed by atoms with Crippen LogP contribution in [0, 0.1) is 0 Å². The molecular formula is C44H72N2O4. The van der Waals surface area contributed by atoms with E-state index in [1.807, 2.05) is 48.5 Å². The molecule has 0 heterocycles. The highest BCUT2D eigenvalue weighted by molar-refractivity contribution is 5.73. The molecule has 0 bridgehead atoms. The van der Waals surface area contributed by atoms with Crippen molar-refractivity contribution >= 4 is 11.9 Å². The summed E-state index contributed by atoms with van der Waals surface area (Å²) in [6, 6.07) is 16.0. The van der Waals surface area contributed by atoms with Crippen LogP contribution in [0.4, 0.5) is 0 Å². The molecule has 2 rings (SSSR count). The maximum Gasteiger partial charge on any atom is 0.307 e. The Bertz CT molecular complexity index is 1060. The van der Waals surface area contributed by atoms with Gasteiger partial charge in [0.05, 0.1) is 12.8 Å². The molecule has 0 saturated carbocycles. The summed E-state index contributed by atoms with van der Waals surface area (Å²) in [5.74, 6) is -0.354. The second-order valence-corrected chi connectivity index (χ2v) is 14.4. The molecule has 0 fully saturated rings. The molecule has 2 aromatic carbocycles. The molecule has 6 nitrogen and oxygen atoms in total. The van der Waals surface area contributed by atoms with Crippen LogP contribution in [0.25, 0.3) is 11.1 Å². The second kappa shape index (κ2) is 28.9. The standard InChI is InChI=1S/C44H72N2O4/c1-5-7-9-11-13-15-17-19-25-33-45(3)35-31-43(47)49-37-39-27-21-23-29-41(39)42-30-24-22-28-40(42)38-50-44(48)32-36-46(4)34-26-20-18-16-14-12-10-8-6-2/h21-24,27-30H,5-20,25-26,31-38H2,1-4H3. The lowest BCUT2D eigenvalue weighted by atomic mass is 9.96. The van der Waals surface area contributed by atoms with Crippen LogP contribution in [0.15, 0.2) is 48.5 Å². The van der Waals surface area contributed by atoms with E-state index >= 15 is 0 Å². The molecule has 50 heavy (non-hydrogen) atoms. The average molecular weight is 693 g/mol. The van der Waals surface area contributed by atoms with Crippen LogP contribution in [-0.2, 0) is 32.3 Å². The van der Waals surface area contributed by atoms with Crippen LogP contribution in [0.3, 0.4) is 0 Å². The minimum Gasteiger partial charge on any atom is -0.461 e. The molecule has 2 aromatic rings. The molecular weight excluding hydrogens is 620 g/mol. The molecule has 0 radical (unpaired) electrons. The molecule has 0 aromatic heterocycles. The molecule has 0 aliphatic carbocycles. The van der Waals surface area contributed by atoms with Gasteiger partial charge in [0.25, 0.3) is 0 Å². The summed E-state index contributed by atoms with van der Waals surface area (Å²) in [7, 11) is 4.18. The smallest absolute Gasteiger partial charge is 0.307 e. The number of carbonyl (C=O) groups is 2. The lowest BCUT2D eigenvalue weighted by molar-refractivity contribution is -0.146. The number of hydrogen-bond acceptors (Lipinski definition) is 6. The molecule has 0 saturated heterocycles. The Morgan fingerprint density at radius 1 is 0.460 bits per heavy atom. The van der Waals surface area contributed by atoms with E-state index in [9.17, 15) is 9.59 Å². The van der Waals surface area contributed by atoms with Gasteiger partial charge in [0, 0.05) is 13.1 Å². The van der Waals surface area contributed by atoms with Crippen molar-refractivity contribution in [2.24, 2.45) is 0 Å². The van der Waals surface area contributed by atoms with E-state index in [0.717, 1.165) is 35.3 Å². The Kier molecular flexibility index (Phi) is 25.2. The van der Waals surface area contributed by atoms with Crippen molar-refractivity contribution in [3.63, 3.8) is 0 Å². The Hall–Kier alpha value is -2.70. The Balaban J connectivity index is 1.70. The summed E-state index contributed by atoms with van der Waals surface area (Å²) in [6.07, 6.45) is 24.5. The predicted octanol–water partition coefficient (Wildman–Crippen LogP) is 11.1. The van der Waals surface area contributed by atoms with Gasteiger partial charge in [-0.25, -0.2) is 0 Å². The van der Waals surface area contributed by atoms with Gasteiger partial charge in [0.15, 0.2) is 0 Å². The van der Waals surface area contributed by atoms with Gasteiger partial charge in [-0.1, -0.05) is 165 Å². The third-order valence-corrected chi connectivity index (χ3v) is 9.78. The topological polar surface area (TPSA) is 59.1 Å². The van der Waals surface area contributed by atoms with E-state index in [0.29, 0.717) is 25.9 Å². The van der Waals surface area contributed by atoms with Crippen LogP contribution in [0.1, 0.15) is 153 Å². The summed E-state index contributed by atoms with van der Waals surface area (Å²) in [6.45, 7) is 8.42. The molecule has 282 valence electrons. The van der Waals surface area contributed by atoms with Crippen molar-refractivity contribution in [1.82, 2.24) is 9.80 Å². The molecule has 0 N–H and O–H groups in total. The van der Waals surface area contributed by atoms with E-state index in [1.165, 1.54) is 116 Å². The zero-order valence-corrected chi connectivity index (χ0v) is 32.5. The van der Waals surface area contributed by atoms with Gasteiger partial charge in [-0.2, -0.15) is 0 Å². The number of benzene rings is 2. The minimum absolute atomic E-state index is 0.177. The Labute approximate surface area is 306 Å². The SMILES string of the molecule is CCCCCCCCCCCN(C)CCC(=O)OCc1ccccc1-c1ccccc1COC(=O)CCN(C)CCCCCCCCCCC. The highest BCUT2D eigenvalue weighted by atomic mass is 16.5. The zero-order chi connectivity index (χ0) is 36.1. The number of nitrogens with zero attached hydrogens (tertiary/aromatic N) is 2. The van der Waals surface area contributed by atoms with Gasteiger partial charge in [-0.05, 0) is 62.3 Å². The number of hydrogen-bond donors (Lipinski definition) is 0. The highest BCUT2D eigenvalue weighted by Crippen LogP contribution is 2.28. The van der Waals surface area contributed by atoms with E-state index in [4.69, 9.17) is 9.47 Å². The predicted molar refractivity (Wildman–Crippen MR) is 210 cm³/mol. The summed E-state index contributed by atoms with van der Waals surface area (Å²) in [5.41, 5.74) is 3.88. The molecule has 0 amide bonds. The third-order valence-electron chi connectivity index (χ3n) is 9.78. The highest BCUT2D eigenvalue weighted by Gasteiger charge is 2.14. The Morgan fingerprint density at radius 2 is 0.780 bits per heavy atom. The summed E-state index contributed by atoms with van der Waals surface area (Å²) in [5, 5.41) is 0. The first kappa shape index (κ1) is 43.5. The van der Waals surface area contributed by atoms with E-state index in [2.05, 4.69) is 37.7 Å². The van der Waals surface area contributed by atoms with Gasteiger partial charge in [0.1, 0.15) is 13.2 Å². The van der Waals surface area contributed by atoms with Crippen molar-refractivity contribution in [2.75, 3.05) is 40.3 Å². The molecule has 0 unspecified atom stereocenters. The van der Waals surface area contributed by atoms with Crippen LogP contribution in [-0.4, -0.2) is 62.0 Å². The van der Waals surface area contributed by atoms with Crippen LogP contribution >= 0.6 is 0 Å². The van der Waals surface area contributed by atoms with Gasteiger partial charge in [-0.15, -0.1) is 0 Å². The van der Waals surface area contributed by atoms with Gasteiger partial charge < -0.3 is 19.3 Å². The monoisotopic (exact) mass is 693 g/mol. The first-order valence-electron chi connectivity index (χ1n) is 20.3. The number of rotatable bonds is 31. The summed E-state index contributed by atoms with van der Waals surface area (Å²) >= 11 is 0. The number of carbonyl (C=O) groups excluding carboxylic acids is 2. The first-order chi connectivity index (χ1) is 24.4. The van der Waals surface area contributed by atoms with Crippen LogP contribution in [0.5, 0.6) is 0 Å². The Morgan fingerprint density at radius 3 is 1.14 bits per heavy atom. The number of unbranched alkanes of at least 4 members (excludes halogenated alkanes) is 16. The quantitative estimate of drug-likeness (QED) is 0.0579. The molecule has 0 atom stereocenters. The number of esters is 2. The maximum atomic E-state index is 12.7. The maximum absolute atomic E-state index is 12.7. The van der Waals surface area contributed by atoms with Gasteiger partial charge >= 0.3 is 11.9 Å². The van der Waals surface area contributed by atoms with E-state index in [1.54, 1.807) is 0 Å². The fourth-order valence-electron chi connectivity index (χ4n) is 6.45. The van der Waals surface area contributed by atoms with Crippen molar-refractivity contribution in [3.05, 3.63) is 59.7 Å². The molecule has 6 heteroatoms. The molecule has 0 aliphatic heterocycles. The zero-order valence-electron chi connectivity index (χ0n) is 32.5.